The van der Waals surface area contributed by atoms with E-state index in [1.54, 1.807) is 0 Å². The van der Waals surface area contributed by atoms with Gasteiger partial charge in [-0.2, -0.15) is 0 Å². The lowest BCUT2D eigenvalue weighted by atomic mass is 9.98. The zero-order chi connectivity index (χ0) is 19.3. The molecule has 0 unspecified atom stereocenters. The molecule has 142 valence electrons. The molecule has 3 N–H and O–H groups in total. The van der Waals surface area contributed by atoms with Crippen molar-refractivity contribution in [3.63, 3.8) is 0 Å². The molecule has 0 saturated heterocycles. The van der Waals surface area contributed by atoms with Crippen LogP contribution in [0.2, 0.25) is 0 Å². The Kier molecular flexibility index (Phi) is 5.40. The highest BCUT2D eigenvalue weighted by Gasteiger charge is 2.29. The Morgan fingerprint density at radius 2 is 1.46 bits per heavy atom. The maximum Gasteiger partial charge on any atom is 0.407 e. The number of carbonyl (C=O) groups is 1. The van der Waals surface area contributed by atoms with Crippen LogP contribution in [-0.2, 0) is 11.2 Å². The third-order valence-electron chi connectivity index (χ3n) is 5.28. The van der Waals surface area contributed by atoms with E-state index in [0.29, 0.717) is 19.6 Å². The Hall–Kier alpha value is -3.11. The van der Waals surface area contributed by atoms with Crippen LogP contribution in [0.15, 0.2) is 78.9 Å². The van der Waals surface area contributed by atoms with Crippen LogP contribution in [0.4, 0.5) is 4.79 Å². The van der Waals surface area contributed by atoms with Crippen molar-refractivity contribution < 1.29 is 9.53 Å². The Bertz CT molecular complexity index is 910. The van der Waals surface area contributed by atoms with Crippen LogP contribution in [-0.4, -0.2) is 25.3 Å². The second-order valence-corrected chi connectivity index (χ2v) is 7.09. The van der Waals surface area contributed by atoms with Crippen LogP contribution in [0.1, 0.15) is 22.6 Å². The smallest absolute Gasteiger partial charge is 0.407 e. The zero-order valence-electron chi connectivity index (χ0n) is 15.7. The van der Waals surface area contributed by atoms with Gasteiger partial charge in [-0.1, -0.05) is 78.9 Å². The number of hydrogen-bond donors (Lipinski definition) is 2. The minimum atomic E-state index is -0.423. The number of hydrogen-bond acceptors (Lipinski definition) is 3. The van der Waals surface area contributed by atoms with Crippen molar-refractivity contribution >= 4 is 6.09 Å². The second-order valence-electron chi connectivity index (χ2n) is 7.09. The molecule has 0 fully saturated rings. The van der Waals surface area contributed by atoms with Gasteiger partial charge in [0, 0.05) is 18.5 Å². The highest BCUT2D eigenvalue weighted by atomic mass is 16.5. The molecule has 4 heteroatoms. The van der Waals surface area contributed by atoms with Gasteiger partial charge in [0.15, 0.2) is 0 Å². The molecule has 0 aromatic heterocycles. The van der Waals surface area contributed by atoms with Gasteiger partial charge in [-0.25, -0.2) is 4.79 Å². The SMILES string of the molecule is NC[C@H](Cc1ccccc1)NC(=O)OCC1c2ccccc2-c2ccccc21. The average Bonchev–Trinajstić information content (AvgIpc) is 3.06. The summed E-state index contributed by atoms with van der Waals surface area (Å²) in [6, 6.07) is 26.5. The van der Waals surface area contributed by atoms with Gasteiger partial charge >= 0.3 is 6.09 Å². The Morgan fingerprint density at radius 3 is 2.07 bits per heavy atom. The lowest BCUT2D eigenvalue weighted by Crippen LogP contribution is -2.42. The molecule has 3 aromatic rings. The van der Waals surface area contributed by atoms with E-state index < -0.39 is 6.09 Å². The molecule has 0 spiro atoms. The van der Waals surface area contributed by atoms with Crippen LogP contribution in [0.3, 0.4) is 0 Å². The maximum atomic E-state index is 12.4. The van der Waals surface area contributed by atoms with Crippen molar-refractivity contribution in [1.29, 1.82) is 0 Å². The number of nitrogens with two attached hydrogens (primary N) is 1. The normalized spacial score (nSPS) is 13.5. The van der Waals surface area contributed by atoms with Gasteiger partial charge in [0.2, 0.25) is 0 Å². The summed E-state index contributed by atoms with van der Waals surface area (Å²) in [6.45, 7) is 0.668. The predicted octanol–water partition coefficient (Wildman–Crippen LogP) is 4.10. The summed E-state index contributed by atoms with van der Waals surface area (Å²) in [5, 5.41) is 2.90. The molecule has 28 heavy (non-hydrogen) atoms. The van der Waals surface area contributed by atoms with Crippen molar-refractivity contribution in [2.45, 2.75) is 18.4 Å². The molecule has 0 aliphatic heterocycles. The lowest BCUT2D eigenvalue weighted by Gasteiger charge is -2.19. The Balaban J connectivity index is 1.41. The molecule has 0 saturated carbocycles. The third-order valence-corrected chi connectivity index (χ3v) is 5.28. The number of amides is 1. The van der Waals surface area contributed by atoms with Gasteiger partial charge in [-0.15, -0.1) is 0 Å². The van der Waals surface area contributed by atoms with Gasteiger partial charge in [0.1, 0.15) is 6.61 Å². The first-order valence-electron chi connectivity index (χ1n) is 9.61. The fourth-order valence-corrected chi connectivity index (χ4v) is 3.90. The zero-order valence-corrected chi connectivity index (χ0v) is 15.7. The van der Waals surface area contributed by atoms with Crippen molar-refractivity contribution in [2.75, 3.05) is 13.2 Å². The lowest BCUT2D eigenvalue weighted by molar-refractivity contribution is 0.139. The molecule has 1 amide bonds. The van der Waals surface area contributed by atoms with Gasteiger partial charge in [-0.3, -0.25) is 0 Å². The molecular formula is C24H24N2O2. The Morgan fingerprint density at radius 1 is 0.893 bits per heavy atom. The van der Waals surface area contributed by atoms with Crippen LogP contribution in [0.25, 0.3) is 11.1 Å². The first-order chi connectivity index (χ1) is 13.8. The number of fused-ring (bicyclic) bond motifs is 3. The third kappa shape index (κ3) is 3.78. The topological polar surface area (TPSA) is 64.3 Å². The maximum absolute atomic E-state index is 12.4. The van der Waals surface area contributed by atoms with E-state index in [1.165, 1.54) is 22.3 Å². The molecule has 4 rings (SSSR count). The molecule has 1 atom stereocenters. The van der Waals surface area contributed by atoms with Crippen LogP contribution in [0.5, 0.6) is 0 Å². The summed E-state index contributed by atoms with van der Waals surface area (Å²) in [5.41, 5.74) is 11.8. The molecule has 3 aromatic carbocycles. The molecule has 0 bridgehead atoms. The number of benzene rings is 3. The van der Waals surface area contributed by atoms with E-state index in [2.05, 4.69) is 29.6 Å². The first-order valence-corrected chi connectivity index (χ1v) is 9.61. The molecule has 1 aliphatic carbocycles. The van der Waals surface area contributed by atoms with Crippen LogP contribution >= 0.6 is 0 Å². The van der Waals surface area contributed by atoms with E-state index in [0.717, 1.165) is 5.56 Å². The van der Waals surface area contributed by atoms with Crippen molar-refractivity contribution in [1.82, 2.24) is 5.32 Å². The van der Waals surface area contributed by atoms with Gasteiger partial charge < -0.3 is 15.8 Å². The van der Waals surface area contributed by atoms with E-state index in [-0.39, 0.29) is 12.0 Å². The number of rotatable bonds is 6. The quantitative estimate of drug-likeness (QED) is 0.685. The fourth-order valence-electron chi connectivity index (χ4n) is 3.90. The summed E-state index contributed by atoms with van der Waals surface area (Å²) >= 11 is 0. The largest absolute Gasteiger partial charge is 0.449 e. The summed E-state index contributed by atoms with van der Waals surface area (Å²) in [5.74, 6) is 0.0589. The van der Waals surface area contributed by atoms with E-state index >= 15 is 0 Å². The highest BCUT2D eigenvalue weighted by Crippen LogP contribution is 2.44. The number of nitrogens with one attached hydrogen (secondary N) is 1. The van der Waals surface area contributed by atoms with Crippen molar-refractivity contribution in [3.8, 4) is 11.1 Å². The number of ether oxygens (including phenoxy) is 1. The monoisotopic (exact) mass is 372 g/mol. The summed E-state index contributed by atoms with van der Waals surface area (Å²) in [7, 11) is 0. The molecule has 0 heterocycles. The summed E-state index contributed by atoms with van der Waals surface area (Å²) < 4.78 is 5.60. The van der Waals surface area contributed by atoms with E-state index in [9.17, 15) is 4.79 Å². The first kappa shape index (κ1) is 18.3. The van der Waals surface area contributed by atoms with Crippen molar-refractivity contribution in [2.24, 2.45) is 5.73 Å². The van der Waals surface area contributed by atoms with Crippen molar-refractivity contribution in [3.05, 3.63) is 95.6 Å². The number of carbonyl (C=O) groups excluding carboxylic acids is 1. The van der Waals surface area contributed by atoms with E-state index in [4.69, 9.17) is 10.5 Å². The predicted molar refractivity (Wildman–Crippen MR) is 111 cm³/mol. The van der Waals surface area contributed by atoms with Crippen LogP contribution < -0.4 is 11.1 Å². The fraction of sp³-hybridized carbons (Fsp3) is 0.208. The second kappa shape index (κ2) is 8.28. The summed E-state index contributed by atoms with van der Waals surface area (Å²) in [4.78, 5) is 12.4. The summed E-state index contributed by atoms with van der Waals surface area (Å²) in [6.07, 6.45) is 0.259. The number of alkyl carbamates (subject to hydrolysis) is 1. The average molecular weight is 372 g/mol. The van der Waals surface area contributed by atoms with Gasteiger partial charge in [0.25, 0.3) is 0 Å². The van der Waals surface area contributed by atoms with Gasteiger partial charge in [0.05, 0.1) is 0 Å². The highest BCUT2D eigenvalue weighted by molar-refractivity contribution is 5.79. The standard InChI is InChI=1S/C24H24N2O2/c25-15-18(14-17-8-2-1-3-9-17)26-24(27)28-16-23-21-12-6-4-10-19(21)20-11-5-7-13-22(20)23/h1-13,18,23H,14-16,25H2,(H,26,27)/t18-/m0/s1. The Labute approximate surface area is 165 Å². The molecule has 0 radical (unpaired) electrons. The minimum absolute atomic E-state index is 0.0589. The molecular weight excluding hydrogens is 348 g/mol. The minimum Gasteiger partial charge on any atom is -0.449 e. The molecule has 1 aliphatic rings. The van der Waals surface area contributed by atoms with Crippen LogP contribution in [0, 0.1) is 0 Å². The molecule has 4 nitrogen and oxygen atoms in total. The van der Waals surface area contributed by atoms with E-state index in [1.807, 2.05) is 54.6 Å². The van der Waals surface area contributed by atoms with Gasteiger partial charge in [-0.05, 0) is 34.2 Å².